The van der Waals surface area contributed by atoms with Gasteiger partial charge < -0.3 is 4.90 Å². The van der Waals surface area contributed by atoms with Crippen molar-refractivity contribution in [1.29, 1.82) is 0 Å². The fraction of sp³-hybridized carbons (Fsp3) is 0.375. The van der Waals surface area contributed by atoms with Crippen LogP contribution in [-0.4, -0.2) is 29.1 Å². The Hall–Kier alpha value is -1.59. The fourth-order valence-corrected chi connectivity index (χ4v) is 3.35. The standard InChI is InChI=1S/C16H24N2O2S/c1-7-16(21(19,20)17-11-12(2)3)14-9-8-10-15(13(14)4)18(5)6/h7-10,12,17H,1,4,11H2,2-3,5-6H3/b16-14+. The van der Waals surface area contributed by atoms with Gasteiger partial charge in [-0.3, -0.25) is 0 Å². The second-order valence-electron chi connectivity index (χ2n) is 5.51. The number of nitrogens with one attached hydrogen (secondary N) is 1. The van der Waals surface area contributed by atoms with Crippen LogP contribution in [0.3, 0.4) is 0 Å². The molecule has 0 atom stereocenters. The molecule has 1 rings (SSSR count). The lowest BCUT2D eigenvalue weighted by molar-refractivity contribution is 0.569. The first-order valence-electron chi connectivity index (χ1n) is 6.82. The molecule has 0 bridgehead atoms. The summed E-state index contributed by atoms with van der Waals surface area (Å²) in [4.78, 5) is 2.07. The average Bonchev–Trinajstić information content (AvgIpc) is 2.38. The molecule has 0 aliphatic heterocycles. The molecule has 5 heteroatoms. The summed E-state index contributed by atoms with van der Waals surface area (Å²) in [5.74, 6) is 0.234. The SMILES string of the molecule is C=C/C(=c1/cccc(N(C)C)c1=C)S(=O)(=O)NCC(C)C. The molecule has 0 saturated heterocycles. The lowest BCUT2D eigenvalue weighted by Gasteiger charge is -2.14. The van der Waals surface area contributed by atoms with Gasteiger partial charge in [0.05, 0.1) is 4.91 Å². The lowest BCUT2D eigenvalue weighted by atomic mass is 10.2. The second-order valence-corrected chi connectivity index (χ2v) is 7.25. The third-order valence-corrected chi connectivity index (χ3v) is 4.57. The molecule has 0 aromatic heterocycles. The van der Waals surface area contributed by atoms with Crippen LogP contribution in [0.2, 0.25) is 0 Å². The van der Waals surface area contributed by atoms with E-state index in [1.54, 1.807) is 6.07 Å². The Labute approximate surface area is 127 Å². The number of hydrogen-bond acceptors (Lipinski definition) is 3. The Morgan fingerprint density at radius 1 is 1.38 bits per heavy atom. The zero-order chi connectivity index (χ0) is 16.2. The Morgan fingerprint density at radius 3 is 2.48 bits per heavy atom. The smallest absolute Gasteiger partial charge is 0.241 e. The van der Waals surface area contributed by atoms with Gasteiger partial charge in [0.1, 0.15) is 0 Å². The molecular formula is C16H24N2O2S. The van der Waals surface area contributed by atoms with Crippen molar-refractivity contribution in [3.63, 3.8) is 0 Å². The Kier molecular flexibility index (Phi) is 5.75. The summed E-state index contributed by atoms with van der Waals surface area (Å²) >= 11 is 0. The molecule has 1 aromatic carbocycles. The van der Waals surface area contributed by atoms with E-state index in [-0.39, 0.29) is 10.8 Å². The molecule has 116 valence electrons. The van der Waals surface area contributed by atoms with Crippen LogP contribution in [0.1, 0.15) is 13.8 Å². The van der Waals surface area contributed by atoms with E-state index in [1.807, 2.05) is 45.0 Å². The molecule has 0 heterocycles. The first kappa shape index (κ1) is 17.5. The van der Waals surface area contributed by atoms with E-state index >= 15 is 0 Å². The zero-order valence-corrected chi connectivity index (χ0v) is 14.0. The van der Waals surface area contributed by atoms with Gasteiger partial charge in [-0.2, -0.15) is 0 Å². The molecule has 0 unspecified atom stereocenters. The zero-order valence-electron chi connectivity index (χ0n) is 13.2. The van der Waals surface area contributed by atoms with E-state index in [9.17, 15) is 8.42 Å². The third-order valence-electron chi connectivity index (χ3n) is 3.06. The van der Waals surface area contributed by atoms with E-state index in [0.29, 0.717) is 17.0 Å². The largest absolute Gasteiger partial charge is 0.377 e. The molecular weight excluding hydrogens is 284 g/mol. The topological polar surface area (TPSA) is 49.4 Å². The first-order valence-corrected chi connectivity index (χ1v) is 8.30. The van der Waals surface area contributed by atoms with Crippen molar-refractivity contribution >= 4 is 27.2 Å². The van der Waals surface area contributed by atoms with Gasteiger partial charge in [0.2, 0.25) is 10.0 Å². The van der Waals surface area contributed by atoms with Crippen molar-refractivity contribution in [2.24, 2.45) is 5.92 Å². The summed E-state index contributed by atoms with van der Waals surface area (Å²) < 4.78 is 27.5. The predicted octanol–water partition coefficient (Wildman–Crippen LogP) is 1.03. The number of nitrogens with zero attached hydrogens (tertiary/aromatic N) is 1. The monoisotopic (exact) mass is 308 g/mol. The summed E-state index contributed by atoms with van der Waals surface area (Å²) in [7, 11) is 0.196. The number of rotatable bonds is 6. The highest BCUT2D eigenvalue weighted by Gasteiger charge is 2.16. The van der Waals surface area contributed by atoms with Crippen molar-refractivity contribution in [3.05, 3.63) is 41.3 Å². The van der Waals surface area contributed by atoms with Crippen LogP contribution in [0.5, 0.6) is 0 Å². The lowest BCUT2D eigenvalue weighted by Crippen LogP contribution is -2.36. The molecule has 0 fully saturated rings. The number of hydrogen-bond donors (Lipinski definition) is 1. The maximum atomic E-state index is 12.4. The van der Waals surface area contributed by atoms with Gasteiger partial charge in [0, 0.05) is 31.5 Å². The molecule has 0 aliphatic carbocycles. The number of sulfonamides is 1. The Bertz CT molecular complexity index is 719. The van der Waals surface area contributed by atoms with Crippen molar-refractivity contribution in [2.75, 3.05) is 25.5 Å². The normalized spacial score (nSPS) is 13.2. The molecule has 1 aromatic rings. The van der Waals surface area contributed by atoms with Crippen LogP contribution in [0.15, 0.2) is 30.9 Å². The molecule has 0 aliphatic rings. The second kappa shape index (κ2) is 6.91. The van der Waals surface area contributed by atoms with E-state index < -0.39 is 10.0 Å². The summed E-state index contributed by atoms with van der Waals surface area (Å²) in [6.45, 7) is 12.0. The minimum atomic E-state index is -3.60. The van der Waals surface area contributed by atoms with Gasteiger partial charge >= 0.3 is 0 Å². The van der Waals surface area contributed by atoms with Gasteiger partial charge in [-0.15, -0.1) is 0 Å². The average molecular weight is 308 g/mol. The molecule has 0 radical (unpaired) electrons. The maximum absolute atomic E-state index is 12.4. The molecule has 1 N–H and O–H groups in total. The van der Waals surface area contributed by atoms with Gasteiger partial charge in [-0.25, -0.2) is 13.1 Å². The van der Waals surface area contributed by atoms with Gasteiger partial charge in [-0.05, 0) is 23.3 Å². The van der Waals surface area contributed by atoms with Crippen molar-refractivity contribution < 1.29 is 8.42 Å². The fourth-order valence-electron chi connectivity index (χ4n) is 1.94. The highest BCUT2D eigenvalue weighted by atomic mass is 32.2. The van der Waals surface area contributed by atoms with E-state index in [2.05, 4.69) is 17.9 Å². The van der Waals surface area contributed by atoms with Crippen LogP contribution in [0.25, 0.3) is 11.5 Å². The first-order chi connectivity index (χ1) is 9.70. The number of anilines is 1. The van der Waals surface area contributed by atoms with Gasteiger partial charge in [0.25, 0.3) is 0 Å². The summed E-state index contributed by atoms with van der Waals surface area (Å²) in [5, 5.41) is 1.25. The Morgan fingerprint density at radius 2 is 2.00 bits per heavy atom. The summed E-state index contributed by atoms with van der Waals surface area (Å²) in [6, 6.07) is 5.47. The molecule has 0 amide bonds. The summed E-state index contributed by atoms with van der Waals surface area (Å²) in [5.41, 5.74) is 0.880. The van der Waals surface area contributed by atoms with E-state index in [0.717, 1.165) is 5.69 Å². The van der Waals surface area contributed by atoms with E-state index in [1.165, 1.54) is 6.08 Å². The molecule has 0 spiro atoms. The molecule has 0 saturated carbocycles. The quantitative estimate of drug-likeness (QED) is 0.854. The third kappa shape index (κ3) is 4.19. The van der Waals surface area contributed by atoms with Crippen molar-refractivity contribution in [1.82, 2.24) is 4.72 Å². The predicted molar refractivity (Wildman–Crippen MR) is 90.9 cm³/mol. The van der Waals surface area contributed by atoms with Crippen LogP contribution in [0.4, 0.5) is 5.69 Å². The van der Waals surface area contributed by atoms with Crippen LogP contribution >= 0.6 is 0 Å². The summed E-state index contributed by atoms with van der Waals surface area (Å²) in [6.07, 6.45) is 1.37. The van der Waals surface area contributed by atoms with Crippen LogP contribution < -0.4 is 20.1 Å². The highest BCUT2D eigenvalue weighted by Crippen LogP contribution is 2.07. The van der Waals surface area contributed by atoms with Crippen molar-refractivity contribution in [2.45, 2.75) is 13.8 Å². The van der Waals surface area contributed by atoms with Crippen LogP contribution in [-0.2, 0) is 10.0 Å². The minimum absolute atomic E-state index is 0.164. The van der Waals surface area contributed by atoms with Gasteiger partial charge in [-0.1, -0.05) is 39.1 Å². The van der Waals surface area contributed by atoms with Crippen molar-refractivity contribution in [3.8, 4) is 0 Å². The maximum Gasteiger partial charge on any atom is 0.241 e. The molecule has 21 heavy (non-hydrogen) atoms. The molecule has 4 nitrogen and oxygen atoms in total. The highest BCUT2D eigenvalue weighted by molar-refractivity contribution is 7.98. The number of benzene rings is 1. The minimum Gasteiger partial charge on any atom is -0.377 e. The van der Waals surface area contributed by atoms with Crippen LogP contribution in [0, 0.1) is 5.92 Å². The Balaban J connectivity index is 3.55. The van der Waals surface area contributed by atoms with E-state index in [4.69, 9.17) is 0 Å². The van der Waals surface area contributed by atoms with Gasteiger partial charge in [0.15, 0.2) is 0 Å².